The first-order chi connectivity index (χ1) is 8.58. The highest BCUT2D eigenvalue weighted by molar-refractivity contribution is 5.32. The van der Waals surface area contributed by atoms with Crippen LogP contribution < -0.4 is 4.74 Å². The molecule has 0 unspecified atom stereocenters. The zero-order chi connectivity index (χ0) is 13.2. The van der Waals surface area contributed by atoms with Crippen LogP contribution in [0.2, 0.25) is 0 Å². The maximum atomic E-state index is 13.9. The van der Waals surface area contributed by atoms with Gasteiger partial charge in [0.25, 0.3) is 0 Å². The van der Waals surface area contributed by atoms with Gasteiger partial charge in [0.2, 0.25) is 0 Å². The molecule has 18 heavy (non-hydrogen) atoms. The average molecular weight is 254 g/mol. The number of ether oxygens (including phenoxy) is 2. The van der Waals surface area contributed by atoms with Gasteiger partial charge in [-0.1, -0.05) is 12.1 Å². The van der Waals surface area contributed by atoms with Gasteiger partial charge < -0.3 is 14.6 Å². The molecule has 1 aliphatic carbocycles. The van der Waals surface area contributed by atoms with Gasteiger partial charge in [-0.25, -0.2) is 4.39 Å². The van der Waals surface area contributed by atoms with E-state index < -0.39 is 5.60 Å². The standard InChI is InChI=1S/C14H19FO3/c1-3-18-11-8-14(16,9-11)7-10-5-4-6-12(17-2)13(10)15/h4-6,11,16H,3,7-9H2,1-2H3. The summed E-state index contributed by atoms with van der Waals surface area (Å²) < 4.78 is 24.3. The topological polar surface area (TPSA) is 38.7 Å². The minimum absolute atomic E-state index is 0.105. The lowest BCUT2D eigenvalue weighted by Gasteiger charge is -2.43. The van der Waals surface area contributed by atoms with Crippen LogP contribution in [0.15, 0.2) is 18.2 Å². The van der Waals surface area contributed by atoms with Crippen LogP contribution in [-0.2, 0) is 11.2 Å². The summed E-state index contributed by atoms with van der Waals surface area (Å²) in [6.07, 6.45) is 1.54. The van der Waals surface area contributed by atoms with Crippen molar-refractivity contribution in [3.05, 3.63) is 29.6 Å². The molecule has 1 fully saturated rings. The van der Waals surface area contributed by atoms with Crippen molar-refractivity contribution in [1.29, 1.82) is 0 Å². The number of rotatable bonds is 5. The molecule has 0 radical (unpaired) electrons. The Morgan fingerprint density at radius 2 is 2.17 bits per heavy atom. The molecular formula is C14H19FO3. The largest absolute Gasteiger partial charge is 0.494 e. The quantitative estimate of drug-likeness (QED) is 0.876. The molecule has 100 valence electrons. The van der Waals surface area contributed by atoms with E-state index >= 15 is 0 Å². The molecule has 1 aromatic rings. The summed E-state index contributed by atoms with van der Waals surface area (Å²) in [6.45, 7) is 2.58. The molecule has 2 rings (SSSR count). The van der Waals surface area contributed by atoms with Crippen molar-refractivity contribution in [2.75, 3.05) is 13.7 Å². The van der Waals surface area contributed by atoms with Crippen molar-refractivity contribution >= 4 is 0 Å². The fourth-order valence-corrected chi connectivity index (χ4v) is 2.49. The van der Waals surface area contributed by atoms with E-state index in [4.69, 9.17) is 9.47 Å². The number of hydrogen-bond acceptors (Lipinski definition) is 3. The highest BCUT2D eigenvalue weighted by Crippen LogP contribution is 2.38. The predicted molar refractivity (Wildman–Crippen MR) is 66.3 cm³/mol. The summed E-state index contributed by atoms with van der Waals surface area (Å²) in [5.74, 6) is -0.162. The Morgan fingerprint density at radius 1 is 1.44 bits per heavy atom. The van der Waals surface area contributed by atoms with Crippen molar-refractivity contribution in [3.8, 4) is 5.75 Å². The van der Waals surface area contributed by atoms with Gasteiger partial charge >= 0.3 is 0 Å². The van der Waals surface area contributed by atoms with Crippen LogP contribution in [0.25, 0.3) is 0 Å². The molecule has 3 nitrogen and oxygen atoms in total. The summed E-state index contributed by atoms with van der Waals surface area (Å²) in [6, 6.07) is 5.00. The van der Waals surface area contributed by atoms with Crippen LogP contribution in [0, 0.1) is 5.82 Å². The second-order valence-electron chi connectivity index (χ2n) is 4.82. The third-order valence-electron chi connectivity index (χ3n) is 3.40. The smallest absolute Gasteiger partial charge is 0.168 e. The van der Waals surface area contributed by atoms with E-state index in [1.54, 1.807) is 18.2 Å². The van der Waals surface area contributed by atoms with Gasteiger partial charge in [0, 0.05) is 25.9 Å². The van der Waals surface area contributed by atoms with Crippen molar-refractivity contribution in [3.63, 3.8) is 0 Å². The summed E-state index contributed by atoms with van der Waals surface area (Å²) >= 11 is 0. The third kappa shape index (κ3) is 2.65. The average Bonchev–Trinajstić information content (AvgIpc) is 2.30. The Hall–Kier alpha value is -1.13. The summed E-state index contributed by atoms with van der Waals surface area (Å²) in [7, 11) is 1.44. The molecule has 0 amide bonds. The van der Waals surface area contributed by atoms with E-state index in [1.807, 2.05) is 6.92 Å². The van der Waals surface area contributed by atoms with Crippen molar-refractivity contribution in [2.24, 2.45) is 0 Å². The van der Waals surface area contributed by atoms with Crippen LogP contribution in [0.3, 0.4) is 0 Å². The predicted octanol–water partition coefficient (Wildman–Crippen LogP) is 2.31. The molecule has 1 aromatic carbocycles. The van der Waals surface area contributed by atoms with Gasteiger partial charge in [-0.2, -0.15) is 0 Å². The Labute approximate surface area is 107 Å². The van der Waals surface area contributed by atoms with Gasteiger partial charge in [-0.3, -0.25) is 0 Å². The first-order valence-corrected chi connectivity index (χ1v) is 6.23. The fourth-order valence-electron chi connectivity index (χ4n) is 2.49. The number of methoxy groups -OCH3 is 1. The number of aliphatic hydroxyl groups is 1. The second kappa shape index (κ2) is 5.24. The molecule has 1 aliphatic rings. The molecule has 0 spiro atoms. The van der Waals surface area contributed by atoms with Crippen LogP contribution >= 0.6 is 0 Å². The van der Waals surface area contributed by atoms with Crippen molar-refractivity contribution in [1.82, 2.24) is 0 Å². The van der Waals surface area contributed by atoms with E-state index in [9.17, 15) is 9.50 Å². The Morgan fingerprint density at radius 3 is 2.78 bits per heavy atom. The summed E-state index contributed by atoms with van der Waals surface area (Å²) in [5.41, 5.74) is -0.348. The zero-order valence-corrected chi connectivity index (χ0v) is 10.8. The van der Waals surface area contributed by atoms with E-state index in [1.165, 1.54) is 7.11 Å². The van der Waals surface area contributed by atoms with Crippen LogP contribution in [0.5, 0.6) is 5.75 Å². The first kappa shape index (κ1) is 13.3. The maximum Gasteiger partial charge on any atom is 0.168 e. The normalized spacial score (nSPS) is 26.8. The lowest BCUT2D eigenvalue weighted by molar-refractivity contribution is -0.136. The van der Waals surface area contributed by atoms with Gasteiger partial charge in [0.05, 0.1) is 18.8 Å². The highest BCUT2D eigenvalue weighted by atomic mass is 19.1. The lowest BCUT2D eigenvalue weighted by atomic mass is 9.73. The summed E-state index contributed by atoms with van der Waals surface area (Å²) in [4.78, 5) is 0. The van der Waals surface area contributed by atoms with Gasteiger partial charge in [0.1, 0.15) is 0 Å². The molecule has 0 saturated heterocycles. The summed E-state index contributed by atoms with van der Waals surface area (Å²) in [5, 5.41) is 10.3. The van der Waals surface area contributed by atoms with E-state index in [2.05, 4.69) is 0 Å². The van der Waals surface area contributed by atoms with E-state index in [-0.39, 0.29) is 17.7 Å². The third-order valence-corrected chi connectivity index (χ3v) is 3.40. The Bertz CT molecular complexity index is 414. The molecule has 0 aliphatic heterocycles. The van der Waals surface area contributed by atoms with Gasteiger partial charge in [-0.05, 0) is 18.6 Å². The highest BCUT2D eigenvalue weighted by Gasteiger charge is 2.43. The zero-order valence-electron chi connectivity index (χ0n) is 10.8. The van der Waals surface area contributed by atoms with Crippen molar-refractivity contribution in [2.45, 2.75) is 37.9 Å². The SMILES string of the molecule is CCOC1CC(O)(Cc2cccc(OC)c2F)C1. The molecule has 4 heteroatoms. The monoisotopic (exact) mass is 254 g/mol. The molecule has 0 heterocycles. The van der Waals surface area contributed by atoms with Gasteiger partial charge in [0.15, 0.2) is 11.6 Å². The molecular weight excluding hydrogens is 235 g/mol. The first-order valence-electron chi connectivity index (χ1n) is 6.23. The lowest BCUT2D eigenvalue weighted by Crippen LogP contribution is -2.50. The van der Waals surface area contributed by atoms with Crippen LogP contribution in [0.1, 0.15) is 25.3 Å². The molecule has 1 N–H and O–H groups in total. The Balaban J connectivity index is 2.02. The van der Waals surface area contributed by atoms with Crippen LogP contribution in [-0.4, -0.2) is 30.5 Å². The van der Waals surface area contributed by atoms with Crippen LogP contribution in [0.4, 0.5) is 4.39 Å². The number of hydrogen-bond donors (Lipinski definition) is 1. The molecule has 0 aromatic heterocycles. The Kier molecular flexibility index (Phi) is 3.88. The second-order valence-corrected chi connectivity index (χ2v) is 4.82. The molecule has 0 bridgehead atoms. The minimum Gasteiger partial charge on any atom is -0.494 e. The molecule has 1 saturated carbocycles. The molecule has 0 atom stereocenters. The number of halogens is 1. The fraction of sp³-hybridized carbons (Fsp3) is 0.571. The van der Waals surface area contributed by atoms with Crippen molar-refractivity contribution < 1.29 is 19.0 Å². The minimum atomic E-state index is -0.840. The van der Waals surface area contributed by atoms with E-state index in [0.717, 1.165) is 0 Å². The van der Waals surface area contributed by atoms with E-state index in [0.29, 0.717) is 31.4 Å². The van der Waals surface area contributed by atoms with Gasteiger partial charge in [-0.15, -0.1) is 0 Å². The maximum absolute atomic E-state index is 13.9. The number of benzene rings is 1.